The van der Waals surface area contributed by atoms with Gasteiger partial charge >= 0.3 is 5.97 Å². The van der Waals surface area contributed by atoms with Gasteiger partial charge in [-0.25, -0.2) is 4.39 Å². The zero-order chi connectivity index (χ0) is 20.2. The van der Waals surface area contributed by atoms with E-state index in [9.17, 15) is 9.18 Å². The summed E-state index contributed by atoms with van der Waals surface area (Å²) in [4.78, 5) is 11.2. The monoisotopic (exact) mass is 386 g/mol. The van der Waals surface area contributed by atoms with E-state index in [0.29, 0.717) is 17.7 Å². The van der Waals surface area contributed by atoms with E-state index in [1.54, 1.807) is 6.07 Å². The summed E-state index contributed by atoms with van der Waals surface area (Å²) in [5, 5.41) is 9.14. The van der Waals surface area contributed by atoms with Crippen molar-refractivity contribution in [3.05, 3.63) is 107 Å². The van der Waals surface area contributed by atoms with Crippen molar-refractivity contribution in [3.63, 3.8) is 0 Å². The van der Waals surface area contributed by atoms with Gasteiger partial charge in [0.05, 0.1) is 6.42 Å². The molecule has 1 N–H and O–H groups in total. The number of ether oxygens (including phenoxy) is 1. The van der Waals surface area contributed by atoms with Gasteiger partial charge in [-0.3, -0.25) is 4.79 Å². The molecule has 0 radical (unpaired) electrons. The minimum absolute atomic E-state index is 0.135. The van der Waals surface area contributed by atoms with E-state index in [0.717, 1.165) is 28.0 Å². The molecule has 4 rings (SSSR count). The number of hydrogen-bond donors (Lipinski definition) is 1. The molecule has 1 aliphatic carbocycles. The lowest BCUT2D eigenvalue weighted by molar-refractivity contribution is -0.135. The third-order valence-corrected chi connectivity index (χ3v) is 4.76. The van der Waals surface area contributed by atoms with E-state index in [2.05, 4.69) is 0 Å². The first-order valence-corrected chi connectivity index (χ1v) is 9.29. The summed E-state index contributed by atoms with van der Waals surface area (Å²) in [7, 11) is 0. The Bertz CT molecular complexity index is 1100. The van der Waals surface area contributed by atoms with Crippen LogP contribution in [0.5, 0.6) is 5.75 Å². The van der Waals surface area contributed by atoms with Crippen molar-refractivity contribution in [2.45, 2.75) is 13.0 Å². The highest BCUT2D eigenvalue weighted by atomic mass is 19.1. The molecular formula is C25H19FO3. The molecule has 0 atom stereocenters. The van der Waals surface area contributed by atoms with Crippen molar-refractivity contribution < 1.29 is 19.0 Å². The van der Waals surface area contributed by atoms with Gasteiger partial charge < -0.3 is 9.84 Å². The normalized spacial score (nSPS) is 13.8. The van der Waals surface area contributed by atoms with Crippen LogP contribution in [0.25, 0.3) is 17.2 Å². The van der Waals surface area contributed by atoms with Crippen LogP contribution in [0.15, 0.2) is 78.9 Å². The van der Waals surface area contributed by atoms with E-state index >= 15 is 0 Å². The van der Waals surface area contributed by atoms with E-state index in [-0.39, 0.29) is 12.2 Å². The maximum Gasteiger partial charge on any atom is 0.307 e. The van der Waals surface area contributed by atoms with Crippen LogP contribution in [0.3, 0.4) is 0 Å². The minimum Gasteiger partial charge on any atom is -0.489 e. The summed E-state index contributed by atoms with van der Waals surface area (Å²) in [6, 6.07) is 22.1. The standard InChI is InChI=1S/C25H19FO3/c26-21-10-11-23-19(13-20(14-25(27)28)24(23)15-21)12-17-6-8-18(9-7-17)16-29-22-4-2-1-3-5-22/h1-13,15H,14,16H2,(H,27,28)/b19-12-. The van der Waals surface area contributed by atoms with Crippen LogP contribution >= 0.6 is 0 Å². The van der Waals surface area contributed by atoms with Gasteiger partial charge in [0, 0.05) is 0 Å². The average Bonchev–Trinajstić information content (AvgIpc) is 3.04. The van der Waals surface area contributed by atoms with Gasteiger partial charge in [-0.15, -0.1) is 0 Å². The highest BCUT2D eigenvalue weighted by Gasteiger charge is 2.20. The molecule has 0 spiro atoms. The quantitative estimate of drug-likeness (QED) is 0.581. The van der Waals surface area contributed by atoms with Crippen LogP contribution < -0.4 is 4.74 Å². The maximum absolute atomic E-state index is 13.7. The largest absolute Gasteiger partial charge is 0.489 e. The van der Waals surface area contributed by atoms with Crippen molar-refractivity contribution in [3.8, 4) is 5.75 Å². The van der Waals surface area contributed by atoms with Crippen LogP contribution in [-0.4, -0.2) is 11.1 Å². The van der Waals surface area contributed by atoms with Gasteiger partial charge in [0.1, 0.15) is 18.2 Å². The number of fused-ring (bicyclic) bond motifs is 1. The molecule has 29 heavy (non-hydrogen) atoms. The summed E-state index contributed by atoms with van der Waals surface area (Å²) >= 11 is 0. The number of rotatable bonds is 6. The highest BCUT2D eigenvalue weighted by Crippen LogP contribution is 2.38. The van der Waals surface area contributed by atoms with Gasteiger partial charge in [0.25, 0.3) is 0 Å². The zero-order valence-electron chi connectivity index (χ0n) is 15.6. The fourth-order valence-corrected chi connectivity index (χ4v) is 3.38. The van der Waals surface area contributed by atoms with Crippen LogP contribution in [0.2, 0.25) is 0 Å². The Balaban J connectivity index is 1.54. The summed E-state index contributed by atoms with van der Waals surface area (Å²) in [6.07, 6.45) is 3.67. The number of carbonyl (C=O) groups is 1. The van der Waals surface area contributed by atoms with Crippen molar-refractivity contribution in [2.75, 3.05) is 0 Å². The first kappa shape index (κ1) is 18.7. The first-order chi connectivity index (χ1) is 14.1. The number of halogens is 1. The zero-order valence-corrected chi connectivity index (χ0v) is 15.6. The Morgan fingerprint density at radius 3 is 2.45 bits per heavy atom. The molecule has 3 nitrogen and oxygen atoms in total. The molecule has 3 aromatic rings. The molecule has 0 unspecified atom stereocenters. The SMILES string of the molecule is O=C(O)CC1=C/C(=C/c2ccc(COc3ccccc3)cc2)c2ccc(F)cc21. The van der Waals surface area contributed by atoms with Crippen LogP contribution in [0.4, 0.5) is 4.39 Å². The predicted octanol–water partition coefficient (Wildman–Crippen LogP) is 5.82. The lowest BCUT2D eigenvalue weighted by Gasteiger charge is -2.07. The number of carboxylic acids is 1. The first-order valence-electron chi connectivity index (χ1n) is 9.29. The van der Waals surface area contributed by atoms with Crippen LogP contribution in [-0.2, 0) is 11.4 Å². The molecule has 144 valence electrons. The lowest BCUT2D eigenvalue weighted by Crippen LogP contribution is -1.96. The molecule has 0 amide bonds. The smallest absolute Gasteiger partial charge is 0.307 e. The van der Waals surface area contributed by atoms with E-state index in [1.807, 2.05) is 66.7 Å². The van der Waals surface area contributed by atoms with Crippen molar-refractivity contribution >= 4 is 23.2 Å². The van der Waals surface area contributed by atoms with Gasteiger partial charge in [-0.1, -0.05) is 48.5 Å². The van der Waals surface area contributed by atoms with Gasteiger partial charge in [0.15, 0.2) is 0 Å². The molecule has 3 aromatic carbocycles. The molecule has 1 aliphatic rings. The van der Waals surface area contributed by atoms with Crippen molar-refractivity contribution in [1.29, 1.82) is 0 Å². The number of hydrogen-bond acceptors (Lipinski definition) is 2. The van der Waals surface area contributed by atoms with Crippen LogP contribution in [0.1, 0.15) is 28.7 Å². The second-order valence-electron chi connectivity index (χ2n) is 6.87. The Hall–Kier alpha value is -3.66. The summed E-state index contributed by atoms with van der Waals surface area (Å²) in [5.74, 6) is -0.482. The van der Waals surface area contributed by atoms with Crippen molar-refractivity contribution in [2.24, 2.45) is 0 Å². The van der Waals surface area contributed by atoms with Gasteiger partial charge in [-0.2, -0.15) is 0 Å². The number of benzene rings is 3. The Morgan fingerprint density at radius 2 is 1.72 bits per heavy atom. The molecule has 4 heteroatoms. The fourth-order valence-electron chi connectivity index (χ4n) is 3.38. The number of allylic oxidation sites excluding steroid dienone is 2. The molecular weight excluding hydrogens is 367 g/mol. The maximum atomic E-state index is 13.7. The second-order valence-corrected chi connectivity index (χ2v) is 6.87. The number of aliphatic carboxylic acids is 1. The van der Waals surface area contributed by atoms with Crippen molar-refractivity contribution in [1.82, 2.24) is 0 Å². The molecule has 0 aromatic heterocycles. The van der Waals surface area contributed by atoms with E-state index < -0.39 is 5.97 Å². The molecule has 0 heterocycles. The summed E-state index contributed by atoms with van der Waals surface area (Å²) in [6.45, 7) is 0.478. The summed E-state index contributed by atoms with van der Waals surface area (Å²) < 4.78 is 19.4. The topological polar surface area (TPSA) is 46.5 Å². The predicted molar refractivity (Wildman–Crippen MR) is 112 cm³/mol. The molecule has 0 aliphatic heterocycles. The Morgan fingerprint density at radius 1 is 0.966 bits per heavy atom. The second kappa shape index (κ2) is 8.15. The minimum atomic E-state index is -0.935. The average molecular weight is 386 g/mol. The van der Waals surface area contributed by atoms with Crippen LogP contribution in [0, 0.1) is 5.82 Å². The fraction of sp³-hybridized carbons (Fsp3) is 0.0800. The van der Waals surface area contributed by atoms with E-state index in [1.165, 1.54) is 12.1 Å². The lowest BCUT2D eigenvalue weighted by atomic mass is 10.0. The third kappa shape index (κ3) is 4.43. The Kier molecular flexibility index (Phi) is 5.25. The number of carboxylic acid groups (broad SMARTS) is 1. The van der Waals surface area contributed by atoms with Gasteiger partial charge in [-0.05, 0) is 69.8 Å². The Labute approximate surface area is 168 Å². The van der Waals surface area contributed by atoms with E-state index in [4.69, 9.17) is 9.84 Å². The molecule has 0 saturated heterocycles. The number of para-hydroxylation sites is 1. The highest BCUT2D eigenvalue weighted by molar-refractivity contribution is 6.04. The molecule has 0 saturated carbocycles. The molecule has 0 fully saturated rings. The van der Waals surface area contributed by atoms with Gasteiger partial charge in [0.2, 0.25) is 0 Å². The third-order valence-electron chi connectivity index (χ3n) is 4.76. The summed E-state index contributed by atoms with van der Waals surface area (Å²) in [5.41, 5.74) is 5.01. The molecule has 0 bridgehead atoms.